The Morgan fingerprint density at radius 3 is 2.82 bits per heavy atom. The van der Waals surface area contributed by atoms with Crippen LogP contribution in [0, 0.1) is 11.7 Å². The zero-order chi connectivity index (χ0) is 19.9. The summed E-state index contributed by atoms with van der Waals surface area (Å²) in [4.78, 5) is 11.5. The van der Waals surface area contributed by atoms with Crippen molar-refractivity contribution < 1.29 is 27.4 Å². The lowest BCUT2D eigenvalue weighted by atomic mass is 10.0. The first kappa shape index (κ1) is 18.8. The van der Waals surface area contributed by atoms with Crippen LogP contribution in [0.2, 0.25) is 0 Å². The Labute approximate surface area is 161 Å². The third-order valence-electron chi connectivity index (χ3n) is 4.96. The zero-order valence-corrected chi connectivity index (χ0v) is 15.8. The lowest BCUT2D eigenvalue weighted by molar-refractivity contribution is -0.117. The Morgan fingerprint density at radius 2 is 2.14 bits per heavy atom. The molecule has 2 saturated heterocycles. The maximum atomic E-state index is 15.2. The van der Waals surface area contributed by atoms with Crippen molar-refractivity contribution in [3.05, 3.63) is 30.1 Å². The van der Waals surface area contributed by atoms with Crippen LogP contribution in [-0.2, 0) is 15.0 Å². The molecule has 2 aromatic rings. The van der Waals surface area contributed by atoms with Crippen LogP contribution in [-0.4, -0.2) is 45.7 Å². The molecule has 2 aliphatic rings. The van der Waals surface area contributed by atoms with E-state index in [1.807, 2.05) is 0 Å². The number of amides is 1. The van der Waals surface area contributed by atoms with E-state index in [1.54, 1.807) is 16.9 Å². The van der Waals surface area contributed by atoms with E-state index in [-0.39, 0.29) is 5.39 Å². The van der Waals surface area contributed by atoms with Crippen LogP contribution >= 0.6 is 0 Å². The highest BCUT2D eigenvalue weighted by molar-refractivity contribution is 7.92. The van der Waals surface area contributed by atoms with Crippen molar-refractivity contribution in [1.82, 2.24) is 10.0 Å². The quantitative estimate of drug-likeness (QED) is 0.701. The summed E-state index contributed by atoms with van der Waals surface area (Å²) >= 11 is 0. The molecule has 10 heteroatoms. The molecular weight excluding hydrogens is 389 g/mol. The molecule has 1 amide bonds. The highest BCUT2D eigenvalue weighted by atomic mass is 32.2. The minimum atomic E-state index is -4.24. The number of phenols is 1. The van der Waals surface area contributed by atoms with Crippen LogP contribution in [0.15, 0.2) is 24.3 Å². The summed E-state index contributed by atoms with van der Waals surface area (Å²) in [7, 11) is -4.24. The third-order valence-corrected chi connectivity index (χ3v) is 6.34. The fourth-order valence-corrected chi connectivity index (χ4v) is 4.72. The molecule has 8 nitrogen and oxygen atoms in total. The van der Waals surface area contributed by atoms with Crippen molar-refractivity contribution in [2.24, 2.45) is 5.92 Å². The summed E-state index contributed by atoms with van der Waals surface area (Å²) in [5.41, 5.74) is -0.556. The van der Waals surface area contributed by atoms with Crippen molar-refractivity contribution in [1.29, 1.82) is 0 Å². The van der Waals surface area contributed by atoms with Crippen molar-refractivity contribution in [2.45, 2.75) is 12.8 Å². The van der Waals surface area contributed by atoms with E-state index in [0.29, 0.717) is 28.0 Å². The Morgan fingerprint density at radius 1 is 1.32 bits per heavy atom. The monoisotopic (exact) mass is 409 g/mol. The van der Waals surface area contributed by atoms with E-state index in [2.05, 4.69) is 5.32 Å². The van der Waals surface area contributed by atoms with Crippen molar-refractivity contribution in [3.63, 3.8) is 0 Å². The van der Waals surface area contributed by atoms with Crippen LogP contribution in [0.4, 0.5) is 10.1 Å². The highest BCUT2D eigenvalue weighted by Crippen LogP contribution is 2.39. The second kappa shape index (κ2) is 7.10. The van der Waals surface area contributed by atoms with Crippen LogP contribution in [0.3, 0.4) is 0 Å². The minimum Gasteiger partial charge on any atom is -0.506 e. The van der Waals surface area contributed by atoms with Gasteiger partial charge in [-0.1, -0.05) is 6.07 Å². The number of fused-ring (bicyclic) bond motifs is 1. The molecule has 0 unspecified atom stereocenters. The molecule has 0 saturated carbocycles. The molecule has 28 heavy (non-hydrogen) atoms. The van der Waals surface area contributed by atoms with E-state index in [4.69, 9.17) is 4.74 Å². The molecule has 2 aromatic carbocycles. The predicted molar refractivity (Wildman–Crippen MR) is 101 cm³/mol. The van der Waals surface area contributed by atoms with Gasteiger partial charge in [0.2, 0.25) is 0 Å². The van der Waals surface area contributed by atoms with E-state index < -0.39 is 39.9 Å². The largest absolute Gasteiger partial charge is 0.506 e. The average molecular weight is 409 g/mol. The molecule has 0 aromatic heterocycles. The van der Waals surface area contributed by atoms with Gasteiger partial charge in [0.15, 0.2) is 5.82 Å². The second-order valence-corrected chi connectivity index (χ2v) is 8.60. The number of benzene rings is 2. The van der Waals surface area contributed by atoms with Crippen molar-refractivity contribution in [2.75, 3.05) is 30.5 Å². The summed E-state index contributed by atoms with van der Waals surface area (Å²) < 4.78 is 47.3. The number of phenolic OH excluding ortho intramolecular Hbond substituents is 1. The number of hydrogen-bond donors (Lipinski definition) is 3. The molecule has 0 bridgehead atoms. The van der Waals surface area contributed by atoms with Crippen molar-refractivity contribution >= 4 is 32.6 Å². The maximum absolute atomic E-state index is 15.2. The number of carbonyl (C=O) groups is 1. The Bertz CT molecular complexity index is 1040. The molecule has 0 aliphatic carbocycles. The minimum absolute atomic E-state index is 0.0987. The zero-order valence-electron chi connectivity index (χ0n) is 14.9. The number of ether oxygens (including phenoxy) is 1. The van der Waals surface area contributed by atoms with Crippen LogP contribution in [0.25, 0.3) is 10.8 Å². The molecule has 2 fully saturated rings. The number of rotatable bonds is 4. The summed E-state index contributed by atoms with van der Waals surface area (Å²) in [6.07, 6.45) is 2.14. The average Bonchev–Trinajstić information content (AvgIpc) is 2.93. The second-order valence-electron chi connectivity index (χ2n) is 7.00. The van der Waals surface area contributed by atoms with Crippen LogP contribution < -0.4 is 19.1 Å². The summed E-state index contributed by atoms with van der Waals surface area (Å²) in [6, 6.07) is 6.01. The standard InChI is InChI=1S/C18H20FN3O5S/c19-17-14-7-13(27-10-11-2-1-5-20-8-11)4-3-12(14)6-15(23)18(17)22-9-16(24)21-28(22,25)26/h3-4,6-7,11,20,23H,1-2,5,8-10H2,(H,21,24)/t11-/m1/s1. The van der Waals surface area contributed by atoms with Gasteiger partial charge in [-0.05, 0) is 43.0 Å². The lowest BCUT2D eigenvalue weighted by Crippen LogP contribution is -2.33. The molecule has 1 atom stereocenters. The summed E-state index contributed by atoms with van der Waals surface area (Å²) in [5, 5.41) is 14.0. The Hall–Kier alpha value is -2.59. The number of carbonyl (C=O) groups excluding carboxylic acids is 1. The molecule has 2 aliphatic heterocycles. The Balaban J connectivity index is 1.67. The fourth-order valence-electron chi connectivity index (χ4n) is 3.56. The van der Waals surface area contributed by atoms with Gasteiger partial charge in [-0.2, -0.15) is 8.42 Å². The van der Waals surface area contributed by atoms with Gasteiger partial charge in [-0.25, -0.2) is 13.4 Å². The predicted octanol–water partition coefficient (Wildman–Crippen LogP) is 1.24. The maximum Gasteiger partial charge on any atom is 0.326 e. The molecule has 4 rings (SSSR count). The topological polar surface area (TPSA) is 108 Å². The van der Waals surface area contributed by atoms with Gasteiger partial charge < -0.3 is 15.2 Å². The lowest BCUT2D eigenvalue weighted by Gasteiger charge is -2.23. The molecule has 2 heterocycles. The Kier molecular flexibility index (Phi) is 4.76. The van der Waals surface area contributed by atoms with Gasteiger partial charge in [0, 0.05) is 17.8 Å². The van der Waals surface area contributed by atoms with E-state index in [1.165, 1.54) is 12.1 Å². The first-order valence-electron chi connectivity index (χ1n) is 8.97. The van der Waals surface area contributed by atoms with Crippen molar-refractivity contribution in [3.8, 4) is 11.5 Å². The van der Waals surface area contributed by atoms with Gasteiger partial charge in [-0.3, -0.25) is 4.79 Å². The van der Waals surface area contributed by atoms with Gasteiger partial charge in [-0.15, -0.1) is 0 Å². The number of aromatic hydroxyl groups is 1. The summed E-state index contributed by atoms with van der Waals surface area (Å²) in [5.74, 6) is -1.47. The van der Waals surface area contributed by atoms with E-state index >= 15 is 4.39 Å². The highest BCUT2D eigenvalue weighted by Gasteiger charge is 2.37. The number of piperidine rings is 1. The molecular formula is C18H20FN3O5S. The number of anilines is 1. The smallest absolute Gasteiger partial charge is 0.326 e. The van der Waals surface area contributed by atoms with Gasteiger partial charge in [0.25, 0.3) is 5.91 Å². The molecule has 150 valence electrons. The molecule has 0 spiro atoms. The van der Waals surface area contributed by atoms with E-state index in [9.17, 15) is 18.3 Å². The number of hydrogen-bond acceptors (Lipinski definition) is 6. The van der Waals surface area contributed by atoms with Crippen LogP contribution in [0.1, 0.15) is 12.8 Å². The number of halogens is 1. The van der Waals surface area contributed by atoms with Gasteiger partial charge in [0.1, 0.15) is 23.7 Å². The first-order valence-corrected chi connectivity index (χ1v) is 10.4. The summed E-state index contributed by atoms with van der Waals surface area (Å²) in [6.45, 7) is 1.77. The molecule has 3 N–H and O–H groups in total. The third kappa shape index (κ3) is 3.45. The normalized spacial score (nSPS) is 21.7. The van der Waals surface area contributed by atoms with Gasteiger partial charge >= 0.3 is 10.2 Å². The first-order chi connectivity index (χ1) is 13.3. The SMILES string of the molecule is O=C1CN(c2c(O)cc3ccc(OC[C@@H]4CCCNC4)cc3c2F)S(=O)(=O)N1. The van der Waals surface area contributed by atoms with E-state index in [0.717, 1.165) is 25.9 Å². The van der Waals surface area contributed by atoms with Gasteiger partial charge in [0.05, 0.1) is 6.61 Å². The number of nitrogens with zero attached hydrogens (tertiary/aromatic N) is 1. The molecule has 0 radical (unpaired) electrons. The fraction of sp³-hybridized carbons (Fsp3) is 0.389. The number of nitrogens with one attached hydrogen (secondary N) is 2. The van der Waals surface area contributed by atoms with Crippen LogP contribution in [0.5, 0.6) is 11.5 Å².